The molecule has 12 heteroatoms. The summed E-state index contributed by atoms with van der Waals surface area (Å²) in [6.07, 6.45) is 0.361. The number of amides is 3. The first kappa shape index (κ1) is 28.2. The summed E-state index contributed by atoms with van der Waals surface area (Å²) >= 11 is 0. The van der Waals surface area contributed by atoms with E-state index in [4.69, 9.17) is 11.2 Å². The van der Waals surface area contributed by atoms with E-state index < -0.39 is 23.7 Å². The van der Waals surface area contributed by atoms with Gasteiger partial charge in [0.15, 0.2) is 5.69 Å². The van der Waals surface area contributed by atoms with Crippen molar-refractivity contribution < 1.29 is 32.3 Å². The van der Waals surface area contributed by atoms with Crippen LogP contribution in [0.3, 0.4) is 0 Å². The lowest BCUT2D eigenvalue weighted by molar-refractivity contribution is -0.141. The number of methoxy groups -OCH3 is 1. The van der Waals surface area contributed by atoms with Gasteiger partial charge in [-0.05, 0) is 48.9 Å². The van der Waals surface area contributed by atoms with Gasteiger partial charge < -0.3 is 19.4 Å². The van der Waals surface area contributed by atoms with Crippen molar-refractivity contribution in [2.75, 3.05) is 46.2 Å². The average molecular weight is 554 g/mol. The molecule has 3 amide bonds. The Labute approximate surface area is 228 Å². The van der Waals surface area contributed by atoms with E-state index in [1.165, 1.54) is 47.1 Å². The Morgan fingerprint density at radius 3 is 2.35 bits per heavy atom. The third kappa shape index (κ3) is 5.10. The van der Waals surface area contributed by atoms with Crippen LogP contribution in [0, 0.1) is 12.3 Å². The van der Waals surface area contributed by atoms with Gasteiger partial charge in [0.2, 0.25) is 0 Å². The molecule has 0 aliphatic carbocycles. The number of hydrogen-bond acceptors (Lipinski definition) is 5. The third-order valence-electron chi connectivity index (χ3n) is 6.45. The maximum atomic E-state index is 14.1. The maximum absolute atomic E-state index is 14.1. The first-order valence-corrected chi connectivity index (χ1v) is 12.1. The number of carbonyl (C=O) groups is 3. The minimum Gasteiger partial charge on any atom is -0.497 e. The molecule has 0 saturated heterocycles. The highest BCUT2D eigenvalue weighted by molar-refractivity contribution is 6.08. The summed E-state index contributed by atoms with van der Waals surface area (Å²) in [5, 5.41) is 3.81. The highest BCUT2D eigenvalue weighted by atomic mass is 19.4. The van der Waals surface area contributed by atoms with Crippen molar-refractivity contribution in [2.45, 2.75) is 12.6 Å². The highest BCUT2D eigenvalue weighted by Crippen LogP contribution is 2.38. The molecular weight excluding hydrogens is 527 g/mol. The number of aromatic nitrogens is 2. The maximum Gasteiger partial charge on any atom is 0.435 e. The molecule has 3 aromatic rings. The number of ether oxygens (including phenoxy) is 1. The van der Waals surface area contributed by atoms with Crippen LogP contribution < -0.4 is 9.64 Å². The van der Waals surface area contributed by atoms with E-state index in [1.54, 1.807) is 38.4 Å². The smallest absolute Gasteiger partial charge is 0.435 e. The van der Waals surface area contributed by atoms with Gasteiger partial charge in [0.25, 0.3) is 17.7 Å². The van der Waals surface area contributed by atoms with Crippen LogP contribution in [0.4, 0.5) is 18.9 Å². The predicted octanol–water partition coefficient (Wildman–Crippen LogP) is 3.51. The van der Waals surface area contributed by atoms with Crippen molar-refractivity contribution in [3.63, 3.8) is 0 Å². The zero-order chi connectivity index (χ0) is 29.4. The largest absolute Gasteiger partial charge is 0.497 e. The van der Waals surface area contributed by atoms with Crippen LogP contribution in [0.1, 0.15) is 42.5 Å². The molecule has 2 aromatic carbocycles. The number of hydrogen-bond donors (Lipinski definition) is 0. The lowest BCUT2D eigenvalue weighted by Crippen LogP contribution is -2.39. The number of fused-ring (bicyclic) bond motifs is 1. The number of rotatable bonds is 6. The van der Waals surface area contributed by atoms with Crippen molar-refractivity contribution >= 4 is 23.4 Å². The number of benzene rings is 2. The monoisotopic (exact) mass is 553 g/mol. The molecule has 0 spiro atoms. The molecule has 1 aliphatic heterocycles. The molecule has 0 radical (unpaired) electrons. The number of anilines is 1. The molecule has 0 bridgehead atoms. The summed E-state index contributed by atoms with van der Waals surface area (Å²) in [7, 11) is 6.04. The number of carbonyl (C=O) groups excluding carboxylic acids is 3. The fraction of sp³-hybridized carbons (Fsp3) is 0.286. The van der Waals surface area contributed by atoms with Crippen molar-refractivity contribution in [3.05, 3.63) is 70.5 Å². The Hall–Kier alpha value is -4.79. The van der Waals surface area contributed by atoms with E-state index in [-0.39, 0.29) is 53.7 Å². The predicted molar refractivity (Wildman–Crippen MR) is 141 cm³/mol. The molecule has 1 aromatic heterocycles. The van der Waals surface area contributed by atoms with Gasteiger partial charge in [-0.2, -0.15) is 18.3 Å². The molecule has 0 N–H and O–H groups in total. The van der Waals surface area contributed by atoms with Crippen molar-refractivity contribution in [1.29, 1.82) is 0 Å². The molecule has 0 saturated carbocycles. The lowest BCUT2D eigenvalue weighted by Gasteiger charge is -2.28. The fourth-order valence-corrected chi connectivity index (χ4v) is 4.46. The molecular formula is C28H26F3N5O4. The summed E-state index contributed by atoms with van der Waals surface area (Å²) in [4.78, 5) is 43.2. The topological polar surface area (TPSA) is 88.0 Å². The molecule has 40 heavy (non-hydrogen) atoms. The number of alkyl halides is 3. The van der Waals surface area contributed by atoms with Crippen molar-refractivity contribution in [2.24, 2.45) is 0 Å². The van der Waals surface area contributed by atoms with Crippen LogP contribution in [-0.4, -0.2) is 78.6 Å². The summed E-state index contributed by atoms with van der Waals surface area (Å²) in [6.45, 7) is -0.0968. The first-order valence-electron chi connectivity index (χ1n) is 12.1. The van der Waals surface area contributed by atoms with Crippen molar-refractivity contribution in [1.82, 2.24) is 19.6 Å². The molecule has 0 fully saturated rings. The van der Waals surface area contributed by atoms with E-state index in [0.717, 1.165) is 4.68 Å². The summed E-state index contributed by atoms with van der Waals surface area (Å²) in [5.74, 6) is 1.06. The van der Waals surface area contributed by atoms with E-state index in [2.05, 4.69) is 11.0 Å². The van der Waals surface area contributed by atoms with Gasteiger partial charge in [0.1, 0.15) is 11.4 Å². The van der Waals surface area contributed by atoms with E-state index in [1.807, 2.05) is 0 Å². The molecule has 0 atom stereocenters. The van der Waals surface area contributed by atoms with Gasteiger partial charge in [-0.25, -0.2) is 4.68 Å². The van der Waals surface area contributed by atoms with Gasteiger partial charge in [-0.3, -0.25) is 14.4 Å². The molecule has 0 unspecified atom stereocenters. The SMILES string of the molecule is C#CCN(C)C(=O)c1cc(OC)ccc1-n1nc(C(F)(F)F)c2c1C(=O)N(c1ccc(C(=O)N(C)C)cc1)CC2. The Balaban J connectivity index is 1.87. The Morgan fingerprint density at radius 2 is 1.77 bits per heavy atom. The minimum atomic E-state index is -4.84. The van der Waals surface area contributed by atoms with Crippen LogP contribution in [0.5, 0.6) is 5.75 Å². The van der Waals surface area contributed by atoms with Gasteiger partial charge in [0.05, 0.1) is 24.9 Å². The third-order valence-corrected chi connectivity index (χ3v) is 6.45. The van der Waals surface area contributed by atoms with E-state index in [0.29, 0.717) is 11.3 Å². The van der Waals surface area contributed by atoms with Crippen LogP contribution >= 0.6 is 0 Å². The van der Waals surface area contributed by atoms with Crippen LogP contribution in [0.15, 0.2) is 42.5 Å². The Bertz CT molecular complexity index is 1520. The molecule has 4 rings (SSSR count). The number of halogens is 3. The number of terminal acetylenes is 1. The van der Waals surface area contributed by atoms with E-state index in [9.17, 15) is 27.6 Å². The second-order valence-corrected chi connectivity index (χ2v) is 9.29. The van der Waals surface area contributed by atoms with Crippen LogP contribution in [0.2, 0.25) is 0 Å². The molecule has 208 valence electrons. The van der Waals surface area contributed by atoms with Gasteiger partial charge in [-0.1, -0.05) is 5.92 Å². The second kappa shape index (κ2) is 10.8. The van der Waals surface area contributed by atoms with Gasteiger partial charge >= 0.3 is 6.18 Å². The molecule has 2 heterocycles. The summed E-state index contributed by atoms with van der Waals surface area (Å²) in [5.41, 5.74) is -1.08. The average Bonchev–Trinajstić information content (AvgIpc) is 3.33. The van der Waals surface area contributed by atoms with Crippen LogP contribution in [0.25, 0.3) is 5.69 Å². The zero-order valence-corrected chi connectivity index (χ0v) is 22.2. The molecule has 9 nitrogen and oxygen atoms in total. The summed E-state index contributed by atoms with van der Waals surface area (Å²) in [6, 6.07) is 10.4. The lowest BCUT2D eigenvalue weighted by atomic mass is 10.0. The summed E-state index contributed by atoms with van der Waals surface area (Å²) < 4.78 is 48.4. The number of nitrogens with zero attached hydrogens (tertiary/aromatic N) is 5. The minimum absolute atomic E-state index is 0.0384. The quantitative estimate of drug-likeness (QED) is 0.436. The van der Waals surface area contributed by atoms with Crippen LogP contribution in [-0.2, 0) is 12.6 Å². The second-order valence-electron chi connectivity index (χ2n) is 9.29. The van der Waals surface area contributed by atoms with Gasteiger partial charge in [0, 0.05) is 44.5 Å². The first-order chi connectivity index (χ1) is 18.9. The molecule has 1 aliphatic rings. The fourth-order valence-electron chi connectivity index (χ4n) is 4.46. The highest BCUT2D eigenvalue weighted by Gasteiger charge is 2.43. The Morgan fingerprint density at radius 1 is 1.10 bits per heavy atom. The standard InChI is InChI=1S/C28H26F3N5O4/c1-6-14-34(4)26(38)21-16-19(40-5)11-12-22(21)36-23-20(24(32-36)28(29,30)31)13-15-35(27(23)39)18-9-7-17(8-10-18)25(37)33(2)3/h1,7-12,16H,13-15H2,2-5H3. The van der Waals surface area contributed by atoms with Crippen molar-refractivity contribution in [3.8, 4) is 23.8 Å². The van der Waals surface area contributed by atoms with Gasteiger partial charge in [-0.15, -0.1) is 6.42 Å². The normalized spacial score (nSPS) is 12.9. The van der Waals surface area contributed by atoms with E-state index >= 15 is 0 Å². The zero-order valence-electron chi connectivity index (χ0n) is 22.2. The Kier molecular flexibility index (Phi) is 7.59.